The summed E-state index contributed by atoms with van der Waals surface area (Å²) in [6.07, 6.45) is 1.39. The van der Waals surface area contributed by atoms with Crippen molar-refractivity contribution in [2.75, 3.05) is 19.5 Å². The molecule has 170 valence electrons. The van der Waals surface area contributed by atoms with E-state index in [2.05, 4.69) is 10.3 Å². The van der Waals surface area contributed by atoms with Crippen molar-refractivity contribution in [3.05, 3.63) is 75.4 Å². The van der Waals surface area contributed by atoms with Crippen LogP contribution in [0.25, 0.3) is 16.7 Å². The first-order valence-corrected chi connectivity index (χ1v) is 10.6. The molecule has 0 saturated heterocycles. The van der Waals surface area contributed by atoms with Gasteiger partial charge in [0.15, 0.2) is 5.65 Å². The molecule has 0 unspecified atom stereocenters. The second-order valence-corrected chi connectivity index (χ2v) is 7.90. The van der Waals surface area contributed by atoms with Gasteiger partial charge >= 0.3 is 0 Å². The lowest BCUT2D eigenvalue weighted by Gasteiger charge is -2.13. The summed E-state index contributed by atoms with van der Waals surface area (Å²) in [5.74, 6) is 0.387. The summed E-state index contributed by atoms with van der Waals surface area (Å²) < 4.78 is 13.7. The lowest BCUT2D eigenvalue weighted by molar-refractivity contribution is -0.116. The number of amides is 1. The monoisotopic (exact) mass is 466 g/mol. The normalized spacial score (nSPS) is 10.9. The number of nitrogens with one attached hydrogen (secondary N) is 1. The molecule has 0 atom stereocenters. The largest absolute Gasteiger partial charge is 0.495 e. The average Bonchev–Trinajstić information content (AvgIpc) is 3.07. The summed E-state index contributed by atoms with van der Waals surface area (Å²) in [5, 5.41) is 3.54. The highest BCUT2D eigenvalue weighted by Crippen LogP contribution is 2.35. The van der Waals surface area contributed by atoms with Crippen LogP contribution in [0.3, 0.4) is 0 Å². The molecule has 4 aromatic rings. The molecule has 2 heterocycles. The molecule has 2 aromatic heterocycles. The fraction of sp³-hybridized carbons (Fsp3) is 0.208. The van der Waals surface area contributed by atoms with E-state index in [0.717, 1.165) is 16.9 Å². The molecule has 0 aliphatic carbocycles. The third-order valence-electron chi connectivity index (χ3n) is 5.56. The van der Waals surface area contributed by atoms with Gasteiger partial charge < -0.3 is 14.8 Å². The van der Waals surface area contributed by atoms with Gasteiger partial charge in [-0.15, -0.1) is 0 Å². The van der Waals surface area contributed by atoms with Crippen LogP contribution in [0.5, 0.6) is 11.5 Å². The zero-order valence-corrected chi connectivity index (χ0v) is 19.4. The molecule has 0 aliphatic heterocycles. The Morgan fingerprint density at radius 1 is 1.09 bits per heavy atom. The molecule has 1 amide bonds. The number of nitrogens with zero attached hydrogens (tertiary/aromatic N) is 3. The third kappa shape index (κ3) is 4.05. The van der Waals surface area contributed by atoms with Gasteiger partial charge in [0, 0.05) is 17.4 Å². The van der Waals surface area contributed by atoms with Crippen molar-refractivity contribution in [3.8, 4) is 17.2 Å². The van der Waals surface area contributed by atoms with Crippen molar-refractivity contribution in [1.82, 2.24) is 14.1 Å². The second-order valence-electron chi connectivity index (χ2n) is 7.49. The van der Waals surface area contributed by atoms with E-state index in [1.54, 1.807) is 6.07 Å². The second kappa shape index (κ2) is 8.99. The lowest BCUT2D eigenvalue weighted by atomic mass is 10.2. The Kier molecular flexibility index (Phi) is 6.11. The number of aryl methyl sites for hydroxylation is 1. The molecule has 1 N–H and O–H groups in total. The molecule has 0 spiro atoms. The van der Waals surface area contributed by atoms with Gasteiger partial charge in [0.1, 0.15) is 24.4 Å². The number of hydrogen-bond acceptors (Lipinski definition) is 5. The van der Waals surface area contributed by atoms with Crippen LogP contribution in [-0.2, 0) is 11.3 Å². The van der Waals surface area contributed by atoms with E-state index in [1.165, 1.54) is 31.2 Å². The minimum atomic E-state index is -0.422. The predicted octanol–water partition coefficient (Wildman–Crippen LogP) is 4.11. The number of rotatable bonds is 6. The highest BCUT2D eigenvalue weighted by molar-refractivity contribution is 6.32. The molecule has 4 rings (SSSR count). The summed E-state index contributed by atoms with van der Waals surface area (Å²) in [6, 6.07) is 12.8. The van der Waals surface area contributed by atoms with Crippen LogP contribution >= 0.6 is 11.6 Å². The number of carbonyl (C=O) groups excluding carboxylic acids is 1. The van der Waals surface area contributed by atoms with Gasteiger partial charge in [-0.1, -0.05) is 29.8 Å². The molecule has 0 radical (unpaired) electrons. The predicted molar refractivity (Wildman–Crippen MR) is 128 cm³/mol. The van der Waals surface area contributed by atoms with Crippen LogP contribution in [0.2, 0.25) is 5.02 Å². The highest BCUT2D eigenvalue weighted by atomic mass is 35.5. The van der Waals surface area contributed by atoms with Crippen LogP contribution in [0.4, 0.5) is 5.69 Å². The number of halogens is 1. The molecule has 0 fully saturated rings. The standard InChI is InChI=1S/C24H23ClN4O4/c1-14-15(2)29(16-8-6-5-7-9-16)23-22(14)24(31)28(13-26-23)12-21(30)27-18-10-17(25)19(32-3)11-20(18)33-4/h5-11,13H,12H2,1-4H3,(H,27,30). The van der Waals surface area contributed by atoms with Crippen LogP contribution in [0.1, 0.15) is 11.3 Å². The van der Waals surface area contributed by atoms with Crippen molar-refractivity contribution in [2.45, 2.75) is 20.4 Å². The average molecular weight is 467 g/mol. The van der Waals surface area contributed by atoms with E-state index in [9.17, 15) is 9.59 Å². The van der Waals surface area contributed by atoms with Gasteiger partial charge in [0.2, 0.25) is 5.91 Å². The Morgan fingerprint density at radius 3 is 2.45 bits per heavy atom. The summed E-state index contributed by atoms with van der Waals surface area (Å²) >= 11 is 6.18. The number of ether oxygens (including phenoxy) is 2. The van der Waals surface area contributed by atoms with Gasteiger partial charge in [0.25, 0.3) is 5.56 Å². The van der Waals surface area contributed by atoms with E-state index in [-0.39, 0.29) is 12.1 Å². The van der Waals surface area contributed by atoms with Gasteiger partial charge in [-0.05, 0) is 37.6 Å². The number of benzene rings is 2. The van der Waals surface area contributed by atoms with E-state index < -0.39 is 5.91 Å². The topological polar surface area (TPSA) is 87.4 Å². The quantitative estimate of drug-likeness (QED) is 0.462. The number of anilines is 1. The molecule has 0 bridgehead atoms. The maximum atomic E-state index is 13.3. The Hall–Kier alpha value is -3.78. The Bertz CT molecular complexity index is 1410. The van der Waals surface area contributed by atoms with Crippen molar-refractivity contribution in [3.63, 3.8) is 0 Å². The lowest BCUT2D eigenvalue weighted by Crippen LogP contribution is -2.28. The molecule has 0 saturated carbocycles. The number of para-hydroxylation sites is 1. The first-order chi connectivity index (χ1) is 15.8. The Morgan fingerprint density at radius 2 is 1.79 bits per heavy atom. The van der Waals surface area contributed by atoms with Gasteiger partial charge in [0.05, 0.1) is 30.3 Å². The number of fused-ring (bicyclic) bond motifs is 1. The molecule has 8 nitrogen and oxygen atoms in total. The van der Waals surface area contributed by atoms with Crippen molar-refractivity contribution in [1.29, 1.82) is 0 Å². The molecule has 0 aliphatic rings. The van der Waals surface area contributed by atoms with Crippen molar-refractivity contribution in [2.24, 2.45) is 0 Å². The van der Waals surface area contributed by atoms with Crippen LogP contribution in [-0.4, -0.2) is 34.2 Å². The minimum Gasteiger partial charge on any atom is -0.495 e. The molecule has 9 heteroatoms. The summed E-state index contributed by atoms with van der Waals surface area (Å²) in [4.78, 5) is 30.5. The van der Waals surface area contributed by atoms with E-state index in [4.69, 9.17) is 21.1 Å². The molecule has 2 aromatic carbocycles. The van der Waals surface area contributed by atoms with Crippen LogP contribution in [0, 0.1) is 13.8 Å². The number of hydrogen-bond donors (Lipinski definition) is 1. The zero-order valence-electron chi connectivity index (χ0n) is 18.7. The van der Waals surface area contributed by atoms with E-state index in [1.807, 2.05) is 48.7 Å². The Balaban J connectivity index is 1.67. The minimum absolute atomic E-state index is 0.219. The highest BCUT2D eigenvalue weighted by Gasteiger charge is 2.19. The van der Waals surface area contributed by atoms with Gasteiger partial charge in [-0.3, -0.25) is 18.7 Å². The van der Waals surface area contributed by atoms with Gasteiger partial charge in [-0.25, -0.2) is 4.98 Å². The Labute approximate surface area is 195 Å². The molecular formula is C24H23ClN4O4. The van der Waals surface area contributed by atoms with Crippen molar-refractivity contribution >= 4 is 34.2 Å². The van der Waals surface area contributed by atoms with Crippen LogP contribution in [0.15, 0.2) is 53.6 Å². The third-order valence-corrected chi connectivity index (χ3v) is 5.85. The van der Waals surface area contributed by atoms with Gasteiger partial charge in [-0.2, -0.15) is 0 Å². The fourth-order valence-corrected chi connectivity index (χ4v) is 4.03. The summed E-state index contributed by atoms with van der Waals surface area (Å²) in [5.41, 5.74) is 3.30. The summed E-state index contributed by atoms with van der Waals surface area (Å²) in [7, 11) is 2.96. The fourth-order valence-electron chi connectivity index (χ4n) is 3.79. The molecule has 33 heavy (non-hydrogen) atoms. The number of methoxy groups -OCH3 is 2. The summed E-state index contributed by atoms with van der Waals surface area (Å²) in [6.45, 7) is 3.61. The maximum Gasteiger partial charge on any atom is 0.263 e. The SMILES string of the molecule is COc1cc(OC)c(NC(=O)Cn2cnc3c(c(C)c(C)n3-c3ccccc3)c2=O)cc1Cl. The van der Waals surface area contributed by atoms with Crippen LogP contribution < -0.4 is 20.3 Å². The molecular weight excluding hydrogens is 444 g/mol. The van der Waals surface area contributed by atoms with Crippen molar-refractivity contribution < 1.29 is 14.3 Å². The first kappa shape index (κ1) is 22.4. The number of carbonyl (C=O) groups is 1. The van der Waals surface area contributed by atoms with E-state index >= 15 is 0 Å². The zero-order chi connectivity index (χ0) is 23.7. The maximum absolute atomic E-state index is 13.3. The smallest absolute Gasteiger partial charge is 0.263 e. The van der Waals surface area contributed by atoms with E-state index in [0.29, 0.717) is 33.2 Å². The first-order valence-electron chi connectivity index (χ1n) is 10.2. The number of aromatic nitrogens is 3.